The molecule has 32 heavy (non-hydrogen) atoms. The quantitative estimate of drug-likeness (QED) is 0.368. The van der Waals surface area contributed by atoms with Gasteiger partial charge in [-0.2, -0.15) is 5.10 Å². The number of hydrogen-bond donors (Lipinski definition) is 1. The number of ether oxygens (including phenoxy) is 2. The summed E-state index contributed by atoms with van der Waals surface area (Å²) in [6, 6.07) is 19.9. The maximum absolute atomic E-state index is 12.5. The van der Waals surface area contributed by atoms with Crippen LogP contribution in [0.1, 0.15) is 28.8 Å². The summed E-state index contributed by atoms with van der Waals surface area (Å²) in [7, 11) is 0. The number of furan rings is 1. The van der Waals surface area contributed by atoms with Crippen LogP contribution in [0.25, 0.3) is 0 Å². The Morgan fingerprint density at radius 1 is 1.00 bits per heavy atom. The van der Waals surface area contributed by atoms with Gasteiger partial charge in [-0.15, -0.1) is 0 Å². The van der Waals surface area contributed by atoms with Gasteiger partial charge in [0.05, 0.1) is 13.2 Å². The average molecular weight is 452 g/mol. The van der Waals surface area contributed by atoms with E-state index in [1.54, 1.807) is 29.1 Å². The van der Waals surface area contributed by atoms with Crippen LogP contribution in [0.4, 0.5) is 5.82 Å². The number of halogens is 1. The molecule has 0 bridgehead atoms. The molecule has 4 rings (SSSR count). The van der Waals surface area contributed by atoms with Crippen molar-refractivity contribution in [3.05, 3.63) is 95.0 Å². The number of nitrogens with zero attached hydrogens (tertiary/aromatic N) is 2. The van der Waals surface area contributed by atoms with Crippen molar-refractivity contribution in [2.75, 3.05) is 11.9 Å². The Hall–Kier alpha value is -3.71. The van der Waals surface area contributed by atoms with E-state index in [9.17, 15) is 4.79 Å². The minimum absolute atomic E-state index is 0.183. The van der Waals surface area contributed by atoms with Crippen molar-refractivity contribution in [2.45, 2.75) is 20.1 Å². The second kappa shape index (κ2) is 10.1. The number of anilines is 1. The van der Waals surface area contributed by atoms with E-state index < -0.39 is 0 Å². The Morgan fingerprint density at radius 3 is 2.44 bits per heavy atom. The van der Waals surface area contributed by atoms with Gasteiger partial charge in [-0.3, -0.25) is 9.48 Å². The lowest BCUT2D eigenvalue weighted by Gasteiger charge is -2.06. The molecule has 2 aromatic carbocycles. The number of carbonyl (C=O) groups is 1. The normalized spacial score (nSPS) is 10.7. The van der Waals surface area contributed by atoms with Crippen molar-refractivity contribution in [3.8, 4) is 11.5 Å². The molecule has 0 aliphatic carbocycles. The lowest BCUT2D eigenvalue weighted by molar-refractivity contribution is 0.0992. The first-order valence-electron chi connectivity index (χ1n) is 10.1. The third kappa shape index (κ3) is 5.70. The minimum Gasteiger partial charge on any atom is -0.494 e. The van der Waals surface area contributed by atoms with Gasteiger partial charge in [0.25, 0.3) is 5.91 Å². The molecule has 1 N–H and O–H groups in total. The highest BCUT2D eigenvalue weighted by Crippen LogP contribution is 2.19. The van der Waals surface area contributed by atoms with Crippen molar-refractivity contribution >= 4 is 23.3 Å². The maximum Gasteiger partial charge on any atom is 0.292 e. The second-order valence-electron chi connectivity index (χ2n) is 6.94. The standard InChI is InChI=1S/C24H22ClN3O4/c1-2-30-19-7-9-20(10-8-19)31-16-21-11-12-22(32-21)24(29)26-23-13-14-28(27-23)15-17-3-5-18(25)6-4-17/h3-14H,2,15-16H2,1H3,(H,26,27,29). The Labute approximate surface area is 190 Å². The van der Waals surface area contributed by atoms with Crippen molar-refractivity contribution in [3.63, 3.8) is 0 Å². The van der Waals surface area contributed by atoms with Crippen LogP contribution in [0.3, 0.4) is 0 Å². The predicted octanol–water partition coefficient (Wildman–Crippen LogP) is 5.41. The summed E-state index contributed by atoms with van der Waals surface area (Å²) >= 11 is 5.91. The molecule has 7 nitrogen and oxygen atoms in total. The third-order valence-electron chi connectivity index (χ3n) is 4.54. The molecule has 0 aliphatic rings. The Bertz CT molecular complexity index is 1170. The Kier molecular flexibility index (Phi) is 6.77. The van der Waals surface area contributed by atoms with Gasteiger partial charge in [-0.05, 0) is 61.0 Å². The summed E-state index contributed by atoms with van der Waals surface area (Å²) in [5.74, 6) is 2.25. The van der Waals surface area contributed by atoms with Gasteiger partial charge < -0.3 is 19.2 Å². The average Bonchev–Trinajstić information content (AvgIpc) is 3.45. The van der Waals surface area contributed by atoms with Crippen molar-refractivity contribution in [2.24, 2.45) is 0 Å². The molecule has 0 fully saturated rings. The molecule has 0 aliphatic heterocycles. The fourth-order valence-electron chi connectivity index (χ4n) is 3.00. The summed E-state index contributed by atoms with van der Waals surface area (Å²) in [5.41, 5.74) is 1.05. The molecule has 164 valence electrons. The Balaban J connectivity index is 1.30. The third-order valence-corrected chi connectivity index (χ3v) is 4.79. The number of hydrogen-bond acceptors (Lipinski definition) is 5. The molecule has 8 heteroatoms. The molecule has 0 radical (unpaired) electrons. The van der Waals surface area contributed by atoms with Crippen molar-refractivity contribution in [1.82, 2.24) is 9.78 Å². The van der Waals surface area contributed by atoms with Crippen LogP contribution in [0.2, 0.25) is 5.02 Å². The number of carbonyl (C=O) groups excluding carboxylic acids is 1. The van der Waals surface area contributed by atoms with Crippen LogP contribution in [-0.2, 0) is 13.2 Å². The monoisotopic (exact) mass is 451 g/mol. The van der Waals surface area contributed by atoms with Gasteiger partial charge in [-0.25, -0.2) is 0 Å². The molecular weight excluding hydrogens is 430 g/mol. The molecule has 0 atom stereocenters. The molecule has 1 amide bonds. The molecule has 0 unspecified atom stereocenters. The number of benzene rings is 2. The van der Waals surface area contributed by atoms with E-state index in [1.165, 1.54) is 0 Å². The van der Waals surface area contributed by atoms with E-state index in [2.05, 4.69) is 10.4 Å². The highest BCUT2D eigenvalue weighted by molar-refractivity contribution is 6.30. The van der Waals surface area contributed by atoms with Crippen molar-refractivity contribution in [1.29, 1.82) is 0 Å². The van der Waals surface area contributed by atoms with Gasteiger partial charge in [-0.1, -0.05) is 23.7 Å². The number of rotatable bonds is 9. The molecule has 0 saturated heterocycles. The van der Waals surface area contributed by atoms with E-state index in [1.807, 2.05) is 55.5 Å². The van der Waals surface area contributed by atoms with Crippen molar-refractivity contribution < 1.29 is 18.7 Å². The lowest BCUT2D eigenvalue weighted by Crippen LogP contribution is -2.12. The van der Waals surface area contributed by atoms with Crippen LogP contribution in [0.15, 0.2) is 77.3 Å². The topological polar surface area (TPSA) is 78.5 Å². The smallest absolute Gasteiger partial charge is 0.292 e. The summed E-state index contributed by atoms with van der Waals surface area (Å²) in [6.07, 6.45) is 1.79. The maximum atomic E-state index is 12.5. The second-order valence-corrected chi connectivity index (χ2v) is 7.37. The van der Waals surface area contributed by atoms with Crippen LogP contribution in [-0.4, -0.2) is 22.3 Å². The summed E-state index contributed by atoms with van der Waals surface area (Å²) in [6.45, 7) is 3.32. The van der Waals surface area contributed by atoms with Gasteiger partial charge in [0.15, 0.2) is 11.6 Å². The fourth-order valence-corrected chi connectivity index (χ4v) is 3.13. The zero-order valence-corrected chi connectivity index (χ0v) is 18.2. The first-order valence-corrected chi connectivity index (χ1v) is 10.5. The first kappa shape index (κ1) is 21.5. The summed E-state index contributed by atoms with van der Waals surface area (Å²) < 4.78 is 18.4. The molecule has 2 aromatic heterocycles. The highest BCUT2D eigenvalue weighted by atomic mass is 35.5. The lowest BCUT2D eigenvalue weighted by atomic mass is 10.2. The van der Waals surface area contributed by atoms with E-state index >= 15 is 0 Å². The SMILES string of the molecule is CCOc1ccc(OCc2ccc(C(=O)Nc3ccn(Cc4ccc(Cl)cc4)n3)o2)cc1. The first-order chi connectivity index (χ1) is 15.6. The van der Waals surface area contributed by atoms with E-state index in [-0.39, 0.29) is 18.3 Å². The van der Waals surface area contributed by atoms with Crippen LogP contribution in [0, 0.1) is 0 Å². The van der Waals surface area contributed by atoms with E-state index in [4.69, 9.17) is 25.5 Å². The Morgan fingerprint density at radius 2 is 1.72 bits per heavy atom. The zero-order valence-electron chi connectivity index (χ0n) is 17.5. The predicted molar refractivity (Wildman–Crippen MR) is 121 cm³/mol. The van der Waals surface area contributed by atoms with Gasteiger partial charge >= 0.3 is 0 Å². The van der Waals surface area contributed by atoms with Gasteiger partial charge in [0.2, 0.25) is 0 Å². The largest absolute Gasteiger partial charge is 0.494 e. The molecule has 4 aromatic rings. The molecule has 0 spiro atoms. The molecule has 2 heterocycles. The van der Waals surface area contributed by atoms with Gasteiger partial charge in [0, 0.05) is 17.3 Å². The van der Waals surface area contributed by atoms with Crippen LogP contribution in [0.5, 0.6) is 11.5 Å². The molecular formula is C24H22ClN3O4. The number of nitrogens with one attached hydrogen (secondary N) is 1. The zero-order chi connectivity index (χ0) is 22.3. The van der Waals surface area contributed by atoms with Crippen LogP contribution < -0.4 is 14.8 Å². The van der Waals surface area contributed by atoms with Crippen LogP contribution >= 0.6 is 11.6 Å². The number of aromatic nitrogens is 2. The van der Waals surface area contributed by atoms with E-state index in [0.717, 1.165) is 11.3 Å². The number of amides is 1. The molecule has 0 saturated carbocycles. The summed E-state index contributed by atoms with van der Waals surface area (Å²) in [4.78, 5) is 12.5. The minimum atomic E-state index is -0.380. The summed E-state index contributed by atoms with van der Waals surface area (Å²) in [5, 5.41) is 7.80. The van der Waals surface area contributed by atoms with E-state index in [0.29, 0.717) is 35.5 Å². The highest BCUT2D eigenvalue weighted by Gasteiger charge is 2.13. The van der Waals surface area contributed by atoms with Gasteiger partial charge in [0.1, 0.15) is 23.9 Å². The fraction of sp³-hybridized carbons (Fsp3) is 0.167.